The van der Waals surface area contributed by atoms with Gasteiger partial charge in [0, 0.05) is 28.8 Å². The van der Waals surface area contributed by atoms with Gasteiger partial charge in [0.15, 0.2) is 0 Å². The number of carbonyl (C=O) groups is 2. The maximum absolute atomic E-state index is 14.9. The second-order valence-corrected chi connectivity index (χ2v) is 10.6. The Balaban J connectivity index is 1.45. The summed E-state index contributed by atoms with van der Waals surface area (Å²) < 4.78 is 30.5. The van der Waals surface area contributed by atoms with E-state index in [4.69, 9.17) is 0 Å². The minimum atomic E-state index is -1.04. The Hall–Kier alpha value is -5.37. The van der Waals surface area contributed by atoms with E-state index in [1.165, 1.54) is 16.6 Å². The number of halogens is 2. The van der Waals surface area contributed by atoms with Crippen LogP contribution in [-0.2, 0) is 0 Å². The van der Waals surface area contributed by atoms with E-state index in [1.54, 1.807) is 37.5 Å². The Bertz CT molecular complexity index is 2020. The van der Waals surface area contributed by atoms with E-state index in [2.05, 4.69) is 28.6 Å². The molecule has 0 saturated carbocycles. The van der Waals surface area contributed by atoms with Crippen LogP contribution in [0, 0.1) is 11.6 Å². The van der Waals surface area contributed by atoms with Crippen LogP contribution in [0.5, 0.6) is 0 Å². The van der Waals surface area contributed by atoms with Crippen LogP contribution in [0.3, 0.4) is 0 Å². The fourth-order valence-electron chi connectivity index (χ4n) is 5.43. The fraction of sp³-hybridized carbons (Fsp3) is 0.114. The molecule has 6 rings (SSSR count). The van der Waals surface area contributed by atoms with E-state index in [1.807, 2.05) is 31.2 Å². The van der Waals surface area contributed by atoms with Gasteiger partial charge in [0.2, 0.25) is 0 Å². The molecule has 1 amide bonds. The van der Waals surface area contributed by atoms with Gasteiger partial charge in [0.25, 0.3) is 5.91 Å². The second kappa shape index (κ2) is 11.1. The van der Waals surface area contributed by atoms with Gasteiger partial charge < -0.3 is 10.4 Å². The lowest BCUT2D eigenvalue weighted by molar-refractivity contribution is 0.0696. The van der Waals surface area contributed by atoms with Crippen molar-refractivity contribution in [1.82, 2.24) is 14.9 Å². The number of carboxylic acids is 1. The van der Waals surface area contributed by atoms with Crippen LogP contribution in [0.15, 0.2) is 103 Å². The van der Waals surface area contributed by atoms with Gasteiger partial charge in [-0.2, -0.15) is 5.10 Å². The number of carbonyl (C=O) groups excluding carboxylic acids is 1. The summed E-state index contributed by atoms with van der Waals surface area (Å²) in [5, 5.41) is 18.9. The van der Waals surface area contributed by atoms with Crippen molar-refractivity contribution >= 4 is 28.2 Å². The first-order valence-electron chi connectivity index (χ1n) is 13.8. The van der Waals surface area contributed by atoms with Crippen molar-refractivity contribution < 1.29 is 23.5 Å². The van der Waals surface area contributed by atoms with Crippen molar-refractivity contribution in [3.8, 4) is 11.1 Å². The highest BCUT2D eigenvalue weighted by Gasteiger charge is 2.23. The molecular formula is C35H27F2N3O3. The summed E-state index contributed by atoms with van der Waals surface area (Å²) in [7, 11) is 0. The summed E-state index contributed by atoms with van der Waals surface area (Å²) >= 11 is 0. The van der Waals surface area contributed by atoms with Crippen molar-refractivity contribution in [3.63, 3.8) is 0 Å². The average Bonchev–Trinajstić information content (AvgIpc) is 3.45. The van der Waals surface area contributed by atoms with Gasteiger partial charge in [-0.15, -0.1) is 0 Å². The summed E-state index contributed by atoms with van der Waals surface area (Å²) in [6.45, 7) is 3.82. The molecule has 0 fully saturated rings. The van der Waals surface area contributed by atoms with E-state index < -0.39 is 29.6 Å². The number of benzene rings is 4. The molecule has 0 bridgehead atoms. The molecule has 2 N–H and O–H groups in total. The molecule has 43 heavy (non-hydrogen) atoms. The van der Waals surface area contributed by atoms with Gasteiger partial charge in [-0.05, 0) is 65.2 Å². The number of pyridine rings is 1. The molecule has 2 aromatic heterocycles. The van der Waals surface area contributed by atoms with E-state index in [9.17, 15) is 23.5 Å². The van der Waals surface area contributed by atoms with Crippen molar-refractivity contribution in [1.29, 1.82) is 0 Å². The van der Waals surface area contributed by atoms with Gasteiger partial charge in [-0.1, -0.05) is 61.5 Å². The molecule has 2 atom stereocenters. The van der Waals surface area contributed by atoms with Crippen LogP contribution in [0.1, 0.15) is 63.2 Å². The summed E-state index contributed by atoms with van der Waals surface area (Å²) in [5.74, 6) is -2.86. The highest BCUT2D eigenvalue weighted by molar-refractivity contribution is 6.03. The maximum atomic E-state index is 14.9. The molecular weight excluding hydrogens is 548 g/mol. The first kappa shape index (κ1) is 27.8. The summed E-state index contributed by atoms with van der Waals surface area (Å²) in [4.78, 5) is 25.2. The van der Waals surface area contributed by atoms with E-state index >= 15 is 0 Å². The topological polar surface area (TPSA) is 83.7 Å². The SMILES string of the molecule is C[C@H](c1ccc2ccccc2c1)c1cnn2cc(-c3cc(F)ccc3F)cc(C(=O)N[C@@H](C)c3ccc(C(=O)O)cc3)c12. The predicted molar refractivity (Wildman–Crippen MR) is 161 cm³/mol. The van der Waals surface area contributed by atoms with Crippen LogP contribution in [0.25, 0.3) is 27.4 Å². The Morgan fingerprint density at radius 3 is 2.33 bits per heavy atom. The molecule has 0 unspecified atom stereocenters. The third-order valence-electron chi connectivity index (χ3n) is 7.87. The zero-order chi connectivity index (χ0) is 30.2. The third kappa shape index (κ3) is 5.35. The number of hydrogen-bond acceptors (Lipinski definition) is 3. The standard InChI is InChI=1S/C35H27F2N3O3/c1-20(25-12-9-23-5-3-4-6-26(23)15-25)31-18-38-40-19-27(29-17-28(36)13-14-32(29)37)16-30(33(31)40)34(41)39-21(2)22-7-10-24(11-8-22)35(42)43/h3-21H,1-2H3,(H,39,41)(H,42,43)/t20-,21+/m1/s1. The lowest BCUT2D eigenvalue weighted by Crippen LogP contribution is -2.27. The van der Waals surface area contributed by atoms with Crippen LogP contribution >= 0.6 is 0 Å². The predicted octanol–water partition coefficient (Wildman–Crippen LogP) is 7.77. The van der Waals surface area contributed by atoms with E-state index in [-0.39, 0.29) is 22.6 Å². The van der Waals surface area contributed by atoms with Crippen LogP contribution < -0.4 is 5.32 Å². The van der Waals surface area contributed by atoms with Crippen molar-refractivity contribution in [3.05, 3.63) is 143 Å². The Labute approximate surface area is 246 Å². The Kier molecular flexibility index (Phi) is 7.19. The first-order valence-corrected chi connectivity index (χ1v) is 13.8. The minimum absolute atomic E-state index is 0.00730. The second-order valence-electron chi connectivity index (χ2n) is 10.6. The van der Waals surface area contributed by atoms with Crippen LogP contribution in [0.2, 0.25) is 0 Å². The Morgan fingerprint density at radius 1 is 0.860 bits per heavy atom. The van der Waals surface area contributed by atoms with Crippen LogP contribution in [0.4, 0.5) is 8.78 Å². The zero-order valence-corrected chi connectivity index (χ0v) is 23.4. The number of hydrogen-bond donors (Lipinski definition) is 2. The van der Waals surface area contributed by atoms with Crippen LogP contribution in [-0.4, -0.2) is 26.6 Å². The summed E-state index contributed by atoms with van der Waals surface area (Å²) in [5.41, 5.74) is 3.77. The highest BCUT2D eigenvalue weighted by atomic mass is 19.1. The van der Waals surface area contributed by atoms with E-state index in [0.29, 0.717) is 16.6 Å². The number of nitrogens with zero attached hydrogens (tertiary/aromatic N) is 2. The molecule has 6 aromatic rings. The van der Waals surface area contributed by atoms with Crippen molar-refractivity contribution in [2.24, 2.45) is 0 Å². The van der Waals surface area contributed by atoms with E-state index in [0.717, 1.165) is 40.1 Å². The van der Waals surface area contributed by atoms with Gasteiger partial charge in [0.05, 0.1) is 28.9 Å². The smallest absolute Gasteiger partial charge is 0.335 e. The first-order chi connectivity index (χ1) is 20.7. The monoisotopic (exact) mass is 575 g/mol. The largest absolute Gasteiger partial charge is 0.478 e. The zero-order valence-electron chi connectivity index (χ0n) is 23.4. The average molecular weight is 576 g/mol. The number of carboxylic acid groups (broad SMARTS) is 1. The fourth-order valence-corrected chi connectivity index (χ4v) is 5.43. The third-order valence-corrected chi connectivity index (χ3v) is 7.87. The molecule has 0 radical (unpaired) electrons. The molecule has 6 nitrogen and oxygen atoms in total. The number of nitrogens with one attached hydrogen (secondary N) is 1. The van der Waals surface area contributed by atoms with Gasteiger partial charge in [-0.3, -0.25) is 4.79 Å². The molecule has 4 aromatic carbocycles. The molecule has 0 aliphatic carbocycles. The quantitative estimate of drug-likeness (QED) is 0.204. The van der Waals surface area contributed by atoms with Crippen molar-refractivity contribution in [2.45, 2.75) is 25.8 Å². The Morgan fingerprint density at radius 2 is 1.58 bits per heavy atom. The molecule has 2 heterocycles. The number of amides is 1. The lowest BCUT2D eigenvalue weighted by atomic mass is 9.91. The lowest BCUT2D eigenvalue weighted by Gasteiger charge is -2.18. The molecule has 0 aliphatic rings. The summed E-state index contributed by atoms with van der Waals surface area (Å²) in [6.07, 6.45) is 3.29. The normalized spacial score (nSPS) is 12.7. The molecule has 8 heteroatoms. The molecule has 0 saturated heterocycles. The molecule has 0 spiro atoms. The number of aromatic carboxylic acids is 1. The number of aromatic nitrogens is 2. The molecule has 214 valence electrons. The van der Waals surface area contributed by atoms with Crippen molar-refractivity contribution in [2.75, 3.05) is 0 Å². The van der Waals surface area contributed by atoms with Gasteiger partial charge in [0.1, 0.15) is 11.6 Å². The number of rotatable bonds is 7. The number of fused-ring (bicyclic) bond motifs is 2. The van der Waals surface area contributed by atoms with Gasteiger partial charge in [-0.25, -0.2) is 18.1 Å². The minimum Gasteiger partial charge on any atom is -0.478 e. The highest BCUT2D eigenvalue weighted by Crippen LogP contribution is 2.34. The summed E-state index contributed by atoms with van der Waals surface area (Å²) in [6, 6.07) is 24.8. The van der Waals surface area contributed by atoms with Gasteiger partial charge >= 0.3 is 5.97 Å². The maximum Gasteiger partial charge on any atom is 0.335 e. The molecule has 0 aliphatic heterocycles.